The minimum Gasteiger partial charge on any atom is -0.462 e. The highest BCUT2D eigenvalue weighted by molar-refractivity contribution is 7.47. The van der Waals surface area contributed by atoms with Gasteiger partial charge in [0.1, 0.15) is 19.3 Å². The monoisotopic (exact) mass is 1400 g/mol. The number of rotatable bonds is 72. The lowest BCUT2D eigenvalue weighted by molar-refractivity contribution is -0.161. The average molecular weight is 1400 g/mol. The Kier molecular flexibility index (Phi) is 67.4. The van der Waals surface area contributed by atoms with Gasteiger partial charge in [-0.2, -0.15) is 0 Å². The van der Waals surface area contributed by atoms with Gasteiger partial charge in [-0.05, 0) is 116 Å². The number of carbonyl (C=O) groups excluding carboxylic acids is 4. The Morgan fingerprint density at radius 2 is 0.542 bits per heavy atom. The molecule has 0 fully saturated rings. The fourth-order valence-electron chi connectivity index (χ4n) is 10.3. The number of phosphoric acid groups is 2. The Balaban J connectivity index is 5.34. The van der Waals surface area contributed by atoms with Gasteiger partial charge in [0.15, 0.2) is 12.2 Å². The van der Waals surface area contributed by atoms with Gasteiger partial charge in [0.2, 0.25) is 0 Å². The van der Waals surface area contributed by atoms with Crippen LogP contribution in [0.2, 0.25) is 0 Å². The van der Waals surface area contributed by atoms with Crippen LogP contribution in [0.5, 0.6) is 0 Å². The van der Waals surface area contributed by atoms with E-state index in [1.807, 2.05) is 0 Å². The molecule has 0 aliphatic rings. The van der Waals surface area contributed by atoms with Gasteiger partial charge in [-0.3, -0.25) is 37.3 Å². The van der Waals surface area contributed by atoms with Gasteiger partial charge in [0.05, 0.1) is 26.4 Å². The van der Waals surface area contributed by atoms with Crippen molar-refractivity contribution in [3.63, 3.8) is 0 Å². The predicted molar refractivity (Wildman–Crippen MR) is 390 cm³/mol. The van der Waals surface area contributed by atoms with Crippen molar-refractivity contribution in [1.82, 2.24) is 0 Å². The highest BCUT2D eigenvalue weighted by Gasteiger charge is 2.30. The SMILES string of the molecule is CC/C=C\C/C=C\C/C=C\C/C=C\CCCCCCC(=O)OCC(COP(=O)(O)OCC(O)COP(=O)(O)OCC(COC(=O)CCCCCCC/C=C\CCCCCC)OC(=O)CCCCCCCCCCCCCCC)OC(=O)CCCCCCC/C=C\CCCCCC. The molecule has 0 aliphatic carbocycles. The summed E-state index contributed by atoms with van der Waals surface area (Å²) in [6.45, 7) is 4.72. The summed E-state index contributed by atoms with van der Waals surface area (Å²) in [5.74, 6) is -2.20. The smallest absolute Gasteiger partial charge is 0.462 e. The lowest BCUT2D eigenvalue weighted by Crippen LogP contribution is -2.30. The molecule has 0 bridgehead atoms. The van der Waals surface area contributed by atoms with E-state index in [0.29, 0.717) is 25.7 Å². The third-order valence-corrected chi connectivity index (χ3v) is 18.1. The topological polar surface area (TPSA) is 237 Å². The first-order valence-corrected chi connectivity index (χ1v) is 41.2. The second kappa shape index (κ2) is 70.0. The first kappa shape index (κ1) is 92.5. The van der Waals surface area contributed by atoms with Crippen LogP contribution in [0.15, 0.2) is 72.9 Å². The Morgan fingerprint density at radius 1 is 0.302 bits per heavy atom. The number of unbranched alkanes of at least 4 members (excludes halogenated alkanes) is 34. The lowest BCUT2D eigenvalue weighted by atomic mass is 10.0. The minimum absolute atomic E-state index is 0.0813. The predicted octanol–water partition coefficient (Wildman–Crippen LogP) is 21.7. The third-order valence-electron chi connectivity index (χ3n) is 16.2. The molecule has 0 aromatic heterocycles. The van der Waals surface area contributed by atoms with E-state index < -0.39 is 97.5 Å². The van der Waals surface area contributed by atoms with Crippen molar-refractivity contribution < 1.29 is 80.2 Å². The van der Waals surface area contributed by atoms with E-state index in [1.54, 1.807) is 0 Å². The zero-order valence-corrected chi connectivity index (χ0v) is 62.6. The maximum absolute atomic E-state index is 13.1. The van der Waals surface area contributed by atoms with Gasteiger partial charge in [0, 0.05) is 25.7 Å². The van der Waals surface area contributed by atoms with Crippen LogP contribution in [-0.2, 0) is 65.4 Å². The quantitative estimate of drug-likeness (QED) is 0.0169. The number of aliphatic hydroxyl groups excluding tert-OH is 1. The molecule has 0 heterocycles. The number of esters is 4. The molecule has 0 aromatic rings. The maximum Gasteiger partial charge on any atom is 0.472 e. The molecule has 0 radical (unpaired) electrons. The zero-order chi connectivity index (χ0) is 70.4. The third kappa shape index (κ3) is 69.0. The van der Waals surface area contributed by atoms with Crippen molar-refractivity contribution >= 4 is 39.5 Å². The largest absolute Gasteiger partial charge is 0.472 e. The van der Waals surface area contributed by atoms with Gasteiger partial charge in [-0.25, -0.2) is 9.13 Å². The zero-order valence-electron chi connectivity index (χ0n) is 60.8. The molecule has 19 heteroatoms. The summed E-state index contributed by atoms with van der Waals surface area (Å²) in [5, 5.41) is 10.6. The standard InChI is InChI=1S/C77H138O17P2/c1-5-9-13-17-21-25-29-33-34-35-36-40-42-46-50-54-58-62-75(80)88-68-73(94-77(82)64-60-56-52-48-44-39-32-28-24-20-16-12-8-4)70-92-96(85,86)90-66-71(78)65-89-95(83,84)91-69-72(93-76(81)63-59-55-51-47-43-38-31-27-23-19-15-11-7-3)67-87-74(79)61-57-53-49-45-41-37-30-26-22-18-14-10-6-2/h9,13,21,25-26,28,30,32-34,36,40,71-73,78H,5-8,10-12,14-20,22-24,27,29,31,35,37-39,41-70H2,1-4H3,(H,83,84)(H,85,86)/b13-9-,25-21-,30-26-,32-28-,34-33-,40-36-. The number of phosphoric ester groups is 2. The maximum atomic E-state index is 13.1. The van der Waals surface area contributed by atoms with Crippen LogP contribution in [0, 0.1) is 0 Å². The van der Waals surface area contributed by atoms with Crippen molar-refractivity contribution in [2.75, 3.05) is 39.6 Å². The molecule has 17 nitrogen and oxygen atoms in total. The summed E-state index contributed by atoms with van der Waals surface area (Å²) >= 11 is 0. The normalized spacial score (nSPS) is 14.4. The van der Waals surface area contributed by atoms with Crippen LogP contribution in [0.25, 0.3) is 0 Å². The van der Waals surface area contributed by atoms with Gasteiger partial charge in [-0.1, -0.05) is 268 Å². The first-order chi connectivity index (χ1) is 46.7. The van der Waals surface area contributed by atoms with E-state index in [0.717, 1.165) is 154 Å². The number of hydrogen-bond acceptors (Lipinski definition) is 15. The molecule has 0 aliphatic heterocycles. The number of allylic oxidation sites excluding steroid dienone is 12. The van der Waals surface area contributed by atoms with Crippen molar-refractivity contribution in [1.29, 1.82) is 0 Å². The summed E-state index contributed by atoms with van der Waals surface area (Å²) in [6.07, 6.45) is 68.9. The van der Waals surface area contributed by atoms with Crippen molar-refractivity contribution in [2.45, 2.75) is 354 Å². The van der Waals surface area contributed by atoms with E-state index in [4.69, 9.17) is 37.0 Å². The summed E-state index contributed by atoms with van der Waals surface area (Å²) in [7, 11) is -9.94. The Hall–Kier alpha value is -3.50. The van der Waals surface area contributed by atoms with E-state index in [-0.39, 0.29) is 25.7 Å². The Bertz CT molecular complexity index is 2110. The number of ether oxygens (including phenoxy) is 4. The van der Waals surface area contributed by atoms with Gasteiger partial charge < -0.3 is 33.8 Å². The molecule has 0 spiro atoms. The minimum atomic E-state index is -4.97. The van der Waals surface area contributed by atoms with E-state index in [1.165, 1.54) is 103 Å². The van der Waals surface area contributed by atoms with Crippen LogP contribution in [0.4, 0.5) is 0 Å². The molecule has 558 valence electrons. The molecule has 3 N–H and O–H groups in total. The molecular weight excluding hydrogens is 1260 g/mol. The van der Waals surface area contributed by atoms with Crippen molar-refractivity contribution in [3.8, 4) is 0 Å². The average Bonchev–Trinajstić information content (AvgIpc) is 3.12. The van der Waals surface area contributed by atoms with Crippen LogP contribution >= 0.6 is 15.6 Å². The van der Waals surface area contributed by atoms with E-state index in [9.17, 15) is 43.2 Å². The van der Waals surface area contributed by atoms with Crippen LogP contribution in [0.3, 0.4) is 0 Å². The fourth-order valence-corrected chi connectivity index (χ4v) is 11.9. The second-order valence-corrected chi connectivity index (χ2v) is 28.5. The molecule has 0 rings (SSSR count). The fraction of sp³-hybridized carbons (Fsp3) is 0.792. The summed E-state index contributed by atoms with van der Waals surface area (Å²) in [6, 6.07) is 0. The summed E-state index contributed by atoms with van der Waals surface area (Å²) < 4.78 is 68.4. The molecule has 0 aromatic carbocycles. The Labute approximate surface area is 583 Å². The van der Waals surface area contributed by atoms with Crippen molar-refractivity contribution in [2.24, 2.45) is 0 Å². The van der Waals surface area contributed by atoms with E-state index in [2.05, 4.69) is 101 Å². The molecule has 5 unspecified atom stereocenters. The highest BCUT2D eigenvalue weighted by Crippen LogP contribution is 2.45. The van der Waals surface area contributed by atoms with Gasteiger partial charge in [-0.15, -0.1) is 0 Å². The molecule has 96 heavy (non-hydrogen) atoms. The second-order valence-electron chi connectivity index (χ2n) is 25.6. The van der Waals surface area contributed by atoms with Gasteiger partial charge >= 0.3 is 39.5 Å². The molecule has 0 saturated carbocycles. The number of aliphatic hydroxyl groups is 1. The molecule has 0 saturated heterocycles. The highest BCUT2D eigenvalue weighted by atomic mass is 31.2. The Morgan fingerprint density at radius 3 is 0.854 bits per heavy atom. The summed E-state index contributed by atoms with van der Waals surface area (Å²) in [4.78, 5) is 72.8. The van der Waals surface area contributed by atoms with Gasteiger partial charge in [0.25, 0.3) is 0 Å². The number of carbonyl (C=O) groups is 4. The first-order valence-electron chi connectivity index (χ1n) is 38.2. The molecule has 0 amide bonds. The molecular formula is C77H138O17P2. The molecule has 5 atom stereocenters. The lowest BCUT2D eigenvalue weighted by Gasteiger charge is -2.21. The van der Waals surface area contributed by atoms with Crippen molar-refractivity contribution in [3.05, 3.63) is 72.9 Å². The van der Waals surface area contributed by atoms with Crippen LogP contribution in [0.1, 0.15) is 336 Å². The number of hydrogen-bond donors (Lipinski definition) is 3. The van der Waals surface area contributed by atoms with Crippen LogP contribution < -0.4 is 0 Å². The van der Waals surface area contributed by atoms with E-state index >= 15 is 0 Å². The van der Waals surface area contributed by atoms with Crippen LogP contribution in [-0.4, -0.2) is 96.7 Å². The summed E-state index contributed by atoms with van der Waals surface area (Å²) in [5.41, 5.74) is 0.